The van der Waals surface area contributed by atoms with E-state index < -0.39 is 5.97 Å². The predicted octanol–water partition coefficient (Wildman–Crippen LogP) is 1.69. The summed E-state index contributed by atoms with van der Waals surface area (Å²) in [6, 6.07) is 0. The smallest absolute Gasteiger partial charge is 0.310 e. The molecule has 64 valence electrons. The zero-order valence-corrected chi connectivity index (χ0v) is 7.22. The Balaban J connectivity index is 3.46. The van der Waals surface area contributed by atoms with Gasteiger partial charge in [0.15, 0.2) is 0 Å². The second-order valence-corrected chi connectivity index (χ2v) is 2.67. The van der Waals surface area contributed by atoms with Crippen LogP contribution in [0, 0.1) is 5.92 Å². The van der Waals surface area contributed by atoms with E-state index in [1.165, 1.54) is 6.92 Å². The van der Waals surface area contributed by atoms with Crippen LogP contribution in [-0.4, -0.2) is 12.6 Å². The Bertz CT molecular complexity index is 149. The van der Waals surface area contributed by atoms with Gasteiger partial charge in [0.25, 0.3) is 5.95 Å². The van der Waals surface area contributed by atoms with E-state index in [1.54, 1.807) is 0 Å². The average Bonchev–Trinajstić information content (AvgIpc) is 1.82. The number of ether oxygens (including phenoxy) is 2. The van der Waals surface area contributed by atoms with Gasteiger partial charge in [-0.1, -0.05) is 13.8 Å². The van der Waals surface area contributed by atoms with Gasteiger partial charge in [-0.2, -0.15) is 0 Å². The molecule has 3 nitrogen and oxygen atoms in total. The summed E-state index contributed by atoms with van der Waals surface area (Å²) >= 11 is 0. The summed E-state index contributed by atoms with van der Waals surface area (Å²) in [5.41, 5.74) is 0. The molecule has 0 heterocycles. The largest absolute Gasteiger partial charge is 0.465 e. The fourth-order valence-corrected chi connectivity index (χ4v) is 0.449. The molecule has 0 atom stereocenters. The average molecular weight is 158 g/mol. The first-order chi connectivity index (χ1) is 5.02. The van der Waals surface area contributed by atoms with Gasteiger partial charge in [0.05, 0.1) is 6.61 Å². The SMILES string of the molecule is C=C(OCC(C)C)OC(C)=O. The van der Waals surface area contributed by atoms with Crippen LogP contribution in [0.1, 0.15) is 20.8 Å². The van der Waals surface area contributed by atoms with Gasteiger partial charge in [0.1, 0.15) is 0 Å². The summed E-state index contributed by atoms with van der Waals surface area (Å²) in [5.74, 6) is 0.0762. The van der Waals surface area contributed by atoms with Crippen LogP contribution < -0.4 is 0 Å². The van der Waals surface area contributed by atoms with Crippen molar-refractivity contribution in [2.45, 2.75) is 20.8 Å². The summed E-state index contributed by atoms with van der Waals surface area (Å²) in [7, 11) is 0. The standard InChI is InChI=1S/C8H14O3/c1-6(2)5-10-8(4)11-7(3)9/h6H,4-5H2,1-3H3. The molecule has 0 aromatic rings. The lowest BCUT2D eigenvalue weighted by Crippen LogP contribution is -2.06. The molecular weight excluding hydrogens is 144 g/mol. The summed E-state index contributed by atoms with van der Waals surface area (Å²) in [4.78, 5) is 10.3. The minimum absolute atomic E-state index is 0.0752. The molecule has 0 spiro atoms. The Kier molecular flexibility index (Phi) is 4.34. The molecule has 0 rings (SSSR count). The van der Waals surface area contributed by atoms with Crippen LogP contribution in [0.5, 0.6) is 0 Å². The normalized spacial score (nSPS) is 9.45. The fraction of sp³-hybridized carbons (Fsp3) is 0.625. The highest BCUT2D eigenvalue weighted by atomic mass is 16.7. The lowest BCUT2D eigenvalue weighted by molar-refractivity contribution is -0.142. The Hall–Kier alpha value is -0.990. The maximum Gasteiger partial charge on any atom is 0.310 e. The number of carbonyl (C=O) groups excluding carboxylic acids is 1. The van der Waals surface area contributed by atoms with Crippen molar-refractivity contribution in [2.24, 2.45) is 5.92 Å². The molecular formula is C8H14O3. The summed E-state index contributed by atoms with van der Waals surface area (Å²) in [6.07, 6.45) is 0. The Labute approximate surface area is 67.0 Å². The summed E-state index contributed by atoms with van der Waals surface area (Å²) < 4.78 is 9.52. The highest BCUT2D eigenvalue weighted by Gasteiger charge is 2.00. The van der Waals surface area contributed by atoms with Crippen molar-refractivity contribution in [1.82, 2.24) is 0 Å². The molecule has 0 bridgehead atoms. The molecule has 0 aliphatic rings. The van der Waals surface area contributed by atoms with Crippen molar-refractivity contribution in [3.8, 4) is 0 Å². The van der Waals surface area contributed by atoms with Gasteiger partial charge < -0.3 is 9.47 Å². The summed E-state index contributed by atoms with van der Waals surface area (Å²) in [5, 5.41) is 0. The van der Waals surface area contributed by atoms with Crippen LogP contribution in [0.3, 0.4) is 0 Å². The minimum atomic E-state index is -0.404. The van der Waals surface area contributed by atoms with Crippen molar-refractivity contribution in [3.05, 3.63) is 12.5 Å². The number of hydrogen-bond donors (Lipinski definition) is 0. The van der Waals surface area contributed by atoms with Gasteiger partial charge in [-0.15, -0.1) is 0 Å². The van der Waals surface area contributed by atoms with Crippen molar-refractivity contribution in [3.63, 3.8) is 0 Å². The third-order valence-electron chi connectivity index (χ3n) is 0.835. The number of esters is 1. The van der Waals surface area contributed by atoms with E-state index in [2.05, 4.69) is 11.3 Å². The number of rotatable bonds is 4. The zero-order chi connectivity index (χ0) is 8.85. The van der Waals surface area contributed by atoms with E-state index >= 15 is 0 Å². The van der Waals surface area contributed by atoms with Crippen LogP contribution in [-0.2, 0) is 14.3 Å². The predicted molar refractivity (Wildman–Crippen MR) is 41.7 cm³/mol. The topological polar surface area (TPSA) is 35.5 Å². The molecule has 0 radical (unpaired) electrons. The quantitative estimate of drug-likeness (QED) is 0.461. The monoisotopic (exact) mass is 158 g/mol. The van der Waals surface area contributed by atoms with Gasteiger partial charge in [-0.3, -0.25) is 4.79 Å². The van der Waals surface area contributed by atoms with Crippen LogP contribution in [0.4, 0.5) is 0 Å². The van der Waals surface area contributed by atoms with E-state index in [9.17, 15) is 4.79 Å². The van der Waals surface area contributed by atoms with Gasteiger partial charge in [-0.05, 0) is 12.5 Å². The second-order valence-electron chi connectivity index (χ2n) is 2.67. The molecule has 0 amide bonds. The number of hydrogen-bond acceptors (Lipinski definition) is 3. The van der Waals surface area contributed by atoms with Crippen LogP contribution in [0.25, 0.3) is 0 Å². The maximum atomic E-state index is 10.3. The van der Waals surface area contributed by atoms with E-state index in [0.717, 1.165) is 0 Å². The lowest BCUT2D eigenvalue weighted by atomic mass is 10.2. The second kappa shape index (κ2) is 4.77. The molecule has 0 aromatic carbocycles. The van der Waals surface area contributed by atoms with Crippen molar-refractivity contribution >= 4 is 5.97 Å². The molecule has 11 heavy (non-hydrogen) atoms. The molecule has 0 aliphatic carbocycles. The van der Waals surface area contributed by atoms with E-state index in [1.807, 2.05) is 13.8 Å². The highest BCUT2D eigenvalue weighted by Crippen LogP contribution is 2.00. The Morgan fingerprint density at radius 3 is 2.45 bits per heavy atom. The molecule has 3 heteroatoms. The van der Waals surface area contributed by atoms with Gasteiger partial charge >= 0.3 is 5.97 Å². The molecule has 0 unspecified atom stereocenters. The van der Waals surface area contributed by atoms with Crippen molar-refractivity contribution in [2.75, 3.05) is 6.61 Å². The first kappa shape index (κ1) is 10.0. The lowest BCUT2D eigenvalue weighted by Gasteiger charge is -2.09. The molecule has 0 fully saturated rings. The molecule has 0 N–H and O–H groups in total. The summed E-state index contributed by atoms with van der Waals surface area (Å²) in [6.45, 7) is 9.23. The maximum absolute atomic E-state index is 10.3. The highest BCUT2D eigenvalue weighted by molar-refractivity contribution is 5.66. The molecule has 0 aromatic heterocycles. The van der Waals surface area contributed by atoms with Gasteiger partial charge in [0.2, 0.25) is 0 Å². The third-order valence-corrected chi connectivity index (χ3v) is 0.835. The van der Waals surface area contributed by atoms with Crippen LogP contribution >= 0.6 is 0 Å². The molecule has 0 saturated heterocycles. The van der Waals surface area contributed by atoms with Crippen LogP contribution in [0.15, 0.2) is 12.5 Å². The van der Waals surface area contributed by atoms with Gasteiger partial charge in [-0.25, -0.2) is 0 Å². The van der Waals surface area contributed by atoms with Gasteiger partial charge in [0, 0.05) is 6.92 Å². The minimum Gasteiger partial charge on any atom is -0.465 e. The Morgan fingerprint density at radius 2 is 2.09 bits per heavy atom. The fourth-order valence-electron chi connectivity index (χ4n) is 0.449. The van der Waals surface area contributed by atoms with E-state index in [0.29, 0.717) is 12.5 Å². The first-order valence-corrected chi connectivity index (χ1v) is 3.52. The van der Waals surface area contributed by atoms with Crippen molar-refractivity contribution in [1.29, 1.82) is 0 Å². The Morgan fingerprint density at radius 1 is 1.55 bits per heavy atom. The van der Waals surface area contributed by atoms with Crippen molar-refractivity contribution < 1.29 is 14.3 Å². The molecule has 0 aliphatic heterocycles. The van der Waals surface area contributed by atoms with E-state index in [4.69, 9.17) is 4.74 Å². The zero-order valence-electron chi connectivity index (χ0n) is 7.22. The first-order valence-electron chi connectivity index (χ1n) is 3.52. The van der Waals surface area contributed by atoms with Crippen LogP contribution in [0.2, 0.25) is 0 Å². The number of carbonyl (C=O) groups is 1. The third kappa shape index (κ3) is 6.90. The molecule has 0 saturated carbocycles. The van der Waals surface area contributed by atoms with E-state index in [-0.39, 0.29) is 5.95 Å².